The summed E-state index contributed by atoms with van der Waals surface area (Å²) < 4.78 is 8.98. The van der Waals surface area contributed by atoms with Crippen LogP contribution in [-0.4, -0.2) is 30.1 Å². The Balaban J connectivity index is 2.07. The van der Waals surface area contributed by atoms with E-state index in [1.165, 1.54) is 18.3 Å². The van der Waals surface area contributed by atoms with Gasteiger partial charge in [-0.05, 0) is 42.5 Å². The van der Waals surface area contributed by atoms with Gasteiger partial charge >= 0.3 is 0 Å². The minimum atomic E-state index is -0.303. The summed E-state index contributed by atoms with van der Waals surface area (Å²) in [4.78, 5) is 28.8. The van der Waals surface area contributed by atoms with Gasteiger partial charge in [-0.3, -0.25) is 9.59 Å². The van der Waals surface area contributed by atoms with E-state index in [2.05, 4.69) is 26.2 Å². The van der Waals surface area contributed by atoms with Gasteiger partial charge in [0.2, 0.25) is 5.91 Å². The first kappa shape index (κ1) is 19.5. The Morgan fingerprint density at radius 2 is 1.96 bits per heavy atom. The number of fused-ring (bicyclic) bond motifs is 1. The molecule has 2 aromatic carbocycles. The average Bonchev–Trinajstić information content (AvgIpc) is 2.96. The van der Waals surface area contributed by atoms with Crippen molar-refractivity contribution in [2.24, 2.45) is 4.99 Å². The topological polar surface area (TPSA) is 72.7 Å². The fourth-order valence-electron chi connectivity index (χ4n) is 2.58. The maximum absolute atomic E-state index is 12.6. The quantitative estimate of drug-likeness (QED) is 0.645. The second kappa shape index (κ2) is 8.60. The second-order valence-corrected chi connectivity index (χ2v) is 7.74. The first-order valence-corrected chi connectivity index (χ1v) is 9.83. The number of thiazole rings is 1. The van der Waals surface area contributed by atoms with Gasteiger partial charge in [-0.2, -0.15) is 4.99 Å². The van der Waals surface area contributed by atoms with E-state index < -0.39 is 0 Å². The molecule has 2 amide bonds. The molecular weight excluding hydrogens is 430 g/mol. The van der Waals surface area contributed by atoms with Gasteiger partial charge in [0.1, 0.15) is 0 Å². The highest BCUT2D eigenvalue weighted by molar-refractivity contribution is 9.10. The van der Waals surface area contributed by atoms with Gasteiger partial charge in [-0.25, -0.2) is 0 Å². The molecule has 3 rings (SSSR count). The fraction of sp³-hybridized carbons (Fsp3) is 0.211. The third kappa shape index (κ3) is 4.71. The highest BCUT2D eigenvalue weighted by atomic mass is 79.9. The van der Waals surface area contributed by atoms with E-state index in [0.29, 0.717) is 29.2 Å². The fourth-order valence-corrected chi connectivity index (χ4v) is 3.94. The van der Waals surface area contributed by atoms with E-state index in [1.54, 1.807) is 19.2 Å². The molecule has 1 heterocycles. The van der Waals surface area contributed by atoms with Crippen molar-refractivity contribution in [3.63, 3.8) is 0 Å². The number of ether oxygens (including phenoxy) is 1. The number of rotatable bonds is 5. The molecule has 0 radical (unpaired) electrons. The number of amides is 2. The number of hydrogen-bond acceptors (Lipinski definition) is 4. The van der Waals surface area contributed by atoms with Gasteiger partial charge in [-0.15, -0.1) is 0 Å². The molecule has 1 N–H and O–H groups in total. The third-order valence-corrected chi connectivity index (χ3v) is 5.38. The van der Waals surface area contributed by atoms with Crippen LogP contribution in [0, 0.1) is 0 Å². The van der Waals surface area contributed by atoms with Crippen molar-refractivity contribution in [1.82, 2.24) is 4.57 Å². The van der Waals surface area contributed by atoms with Crippen molar-refractivity contribution in [2.45, 2.75) is 13.5 Å². The van der Waals surface area contributed by atoms with Crippen molar-refractivity contribution < 1.29 is 14.3 Å². The zero-order chi connectivity index (χ0) is 19.4. The Kier molecular flexibility index (Phi) is 6.20. The Hall–Kier alpha value is -2.29. The van der Waals surface area contributed by atoms with Crippen molar-refractivity contribution in [1.29, 1.82) is 0 Å². The van der Waals surface area contributed by atoms with Crippen LogP contribution in [0.5, 0.6) is 0 Å². The number of aromatic nitrogens is 1. The van der Waals surface area contributed by atoms with Crippen LogP contribution in [0.2, 0.25) is 0 Å². The molecule has 0 bridgehead atoms. The number of benzene rings is 2. The molecule has 0 aliphatic carbocycles. The van der Waals surface area contributed by atoms with Gasteiger partial charge in [0.15, 0.2) is 4.80 Å². The van der Waals surface area contributed by atoms with Crippen LogP contribution in [-0.2, 0) is 16.1 Å². The molecule has 1 aromatic heterocycles. The van der Waals surface area contributed by atoms with E-state index in [0.717, 1.165) is 14.7 Å². The van der Waals surface area contributed by atoms with E-state index in [4.69, 9.17) is 4.74 Å². The summed E-state index contributed by atoms with van der Waals surface area (Å²) in [5.74, 6) is -0.434. The maximum Gasteiger partial charge on any atom is 0.279 e. The Labute approximate surface area is 168 Å². The summed E-state index contributed by atoms with van der Waals surface area (Å²) in [5, 5.41) is 2.77. The number of carbonyl (C=O) groups is 2. The lowest BCUT2D eigenvalue weighted by Gasteiger charge is -2.05. The highest BCUT2D eigenvalue weighted by Crippen LogP contribution is 2.22. The van der Waals surface area contributed by atoms with Crippen LogP contribution >= 0.6 is 27.3 Å². The molecule has 0 unspecified atom stereocenters. The third-order valence-electron chi connectivity index (χ3n) is 3.81. The van der Waals surface area contributed by atoms with Crippen molar-refractivity contribution in [3.8, 4) is 0 Å². The van der Waals surface area contributed by atoms with Crippen LogP contribution in [0.4, 0.5) is 5.69 Å². The molecule has 27 heavy (non-hydrogen) atoms. The summed E-state index contributed by atoms with van der Waals surface area (Å²) in [6.45, 7) is 2.54. The first-order chi connectivity index (χ1) is 13.0. The summed E-state index contributed by atoms with van der Waals surface area (Å²) in [6, 6.07) is 12.7. The van der Waals surface area contributed by atoms with Crippen LogP contribution < -0.4 is 10.1 Å². The van der Waals surface area contributed by atoms with Gasteiger partial charge in [-0.1, -0.05) is 27.3 Å². The Morgan fingerprint density at radius 1 is 1.22 bits per heavy atom. The lowest BCUT2D eigenvalue weighted by Crippen LogP contribution is -2.19. The van der Waals surface area contributed by atoms with Gasteiger partial charge in [0, 0.05) is 36.3 Å². The Bertz CT molecular complexity index is 1050. The van der Waals surface area contributed by atoms with E-state index in [1.807, 2.05) is 34.9 Å². The second-order valence-electron chi connectivity index (χ2n) is 5.82. The van der Waals surface area contributed by atoms with Gasteiger partial charge in [0.05, 0.1) is 16.8 Å². The molecule has 0 fully saturated rings. The molecular formula is C19H18BrN3O3S. The Morgan fingerprint density at radius 3 is 2.63 bits per heavy atom. The summed E-state index contributed by atoms with van der Waals surface area (Å²) in [5.41, 5.74) is 2.17. The number of anilines is 1. The number of nitrogens with one attached hydrogen (secondary N) is 1. The number of hydrogen-bond donors (Lipinski definition) is 1. The lowest BCUT2D eigenvalue weighted by molar-refractivity contribution is -0.114. The normalized spacial score (nSPS) is 11.7. The first-order valence-electron chi connectivity index (χ1n) is 8.22. The molecule has 0 aliphatic heterocycles. The molecule has 0 saturated carbocycles. The van der Waals surface area contributed by atoms with E-state index in [9.17, 15) is 9.59 Å². The van der Waals surface area contributed by atoms with Gasteiger partial charge in [0.25, 0.3) is 5.91 Å². The van der Waals surface area contributed by atoms with E-state index in [-0.39, 0.29) is 11.8 Å². The average molecular weight is 448 g/mol. The van der Waals surface area contributed by atoms with Crippen LogP contribution in [0.1, 0.15) is 17.3 Å². The largest absolute Gasteiger partial charge is 0.383 e. The van der Waals surface area contributed by atoms with Crippen LogP contribution in [0.3, 0.4) is 0 Å². The minimum Gasteiger partial charge on any atom is -0.383 e. The lowest BCUT2D eigenvalue weighted by atomic mass is 10.2. The molecule has 3 aromatic rings. The van der Waals surface area contributed by atoms with Crippen LogP contribution in [0.25, 0.3) is 10.2 Å². The standard InChI is InChI=1S/C19H18BrN3O3S/c1-12(24)21-15-7-8-16-17(11-15)27-19(23(16)9-10-26-2)22-18(25)13-3-5-14(20)6-4-13/h3-8,11H,9-10H2,1-2H3,(H,21,24). The maximum atomic E-state index is 12.6. The van der Waals surface area contributed by atoms with Crippen molar-refractivity contribution >= 4 is 55.0 Å². The molecule has 0 saturated heterocycles. The molecule has 6 nitrogen and oxygen atoms in total. The highest BCUT2D eigenvalue weighted by Gasteiger charge is 2.10. The number of methoxy groups -OCH3 is 1. The molecule has 140 valence electrons. The van der Waals surface area contributed by atoms with Crippen molar-refractivity contribution in [3.05, 3.63) is 57.3 Å². The summed E-state index contributed by atoms with van der Waals surface area (Å²) >= 11 is 4.76. The predicted molar refractivity (Wildman–Crippen MR) is 110 cm³/mol. The zero-order valence-electron chi connectivity index (χ0n) is 14.9. The van der Waals surface area contributed by atoms with Crippen LogP contribution in [0.15, 0.2) is 51.9 Å². The molecule has 0 atom stereocenters. The SMILES string of the molecule is COCCn1c(=NC(=O)c2ccc(Br)cc2)sc2cc(NC(C)=O)ccc21. The number of nitrogens with zero attached hydrogens (tertiary/aromatic N) is 2. The predicted octanol–water partition coefficient (Wildman–Crippen LogP) is 3.81. The zero-order valence-corrected chi connectivity index (χ0v) is 17.3. The van der Waals surface area contributed by atoms with Crippen molar-refractivity contribution in [2.75, 3.05) is 19.0 Å². The number of carbonyl (C=O) groups excluding carboxylic acids is 2. The van der Waals surface area contributed by atoms with E-state index >= 15 is 0 Å². The monoisotopic (exact) mass is 447 g/mol. The number of halogens is 1. The minimum absolute atomic E-state index is 0.131. The summed E-state index contributed by atoms with van der Waals surface area (Å²) in [6.07, 6.45) is 0. The summed E-state index contributed by atoms with van der Waals surface area (Å²) in [7, 11) is 1.63. The molecule has 0 spiro atoms. The molecule has 8 heteroatoms. The van der Waals surface area contributed by atoms with Gasteiger partial charge < -0.3 is 14.6 Å². The smallest absolute Gasteiger partial charge is 0.279 e. The molecule has 0 aliphatic rings.